The van der Waals surface area contributed by atoms with Crippen LogP contribution in [0.15, 0.2) is 41.8 Å². The number of nitrogens with one attached hydrogen (secondary N) is 1. The third kappa shape index (κ3) is 5.68. The van der Waals surface area contributed by atoms with Crippen LogP contribution in [-0.2, 0) is 14.4 Å². The number of nitrogens with zero attached hydrogens (tertiary/aromatic N) is 2. The number of thiophene rings is 1. The van der Waals surface area contributed by atoms with E-state index in [9.17, 15) is 19.2 Å². The second-order valence-electron chi connectivity index (χ2n) is 11.8. The Morgan fingerprint density at radius 3 is 2.34 bits per heavy atom. The summed E-state index contributed by atoms with van der Waals surface area (Å²) in [5.41, 5.74) is 7.27. The fraction of sp³-hybridized carbons (Fsp3) is 0.517. The molecule has 8 nitrogen and oxygen atoms in total. The van der Waals surface area contributed by atoms with Gasteiger partial charge in [0.25, 0.3) is 5.91 Å². The SMILES string of the molecule is CC(C)CC(NC(=O)c1ccc(-c2cccs2)cc1)C(=O)N1CCC2C1C(=O)CN2C(=O)C(N)C(C)(C)C. The van der Waals surface area contributed by atoms with Gasteiger partial charge < -0.3 is 20.9 Å². The van der Waals surface area contributed by atoms with E-state index in [2.05, 4.69) is 5.32 Å². The molecule has 1 aromatic heterocycles. The van der Waals surface area contributed by atoms with Gasteiger partial charge in [-0.15, -0.1) is 11.3 Å². The van der Waals surface area contributed by atoms with Crippen LogP contribution in [0.25, 0.3) is 10.4 Å². The van der Waals surface area contributed by atoms with Crippen molar-refractivity contribution in [3.05, 3.63) is 47.3 Å². The van der Waals surface area contributed by atoms with Gasteiger partial charge in [0.2, 0.25) is 11.8 Å². The first kappa shape index (κ1) is 28.0. The Morgan fingerprint density at radius 1 is 1.08 bits per heavy atom. The second kappa shape index (κ2) is 11.0. The summed E-state index contributed by atoms with van der Waals surface area (Å²) < 4.78 is 0. The van der Waals surface area contributed by atoms with Gasteiger partial charge in [0.15, 0.2) is 5.78 Å². The van der Waals surface area contributed by atoms with Gasteiger partial charge >= 0.3 is 0 Å². The van der Waals surface area contributed by atoms with E-state index >= 15 is 0 Å². The van der Waals surface area contributed by atoms with Crippen molar-refractivity contribution in [1.82, 2.24) is 15.1 Å². The van der Waals surface area contributed by atoms with Crippen molar-refractivity contribution in [1.29, 1.82) is 0 Å². The Morgan fingerprint density at radius 2 is 1.76 bits per heavy atom. The van der Waals surface area contributed by atoms with Crippen LogP contribution >= 0.6 is 11.3 Å². The maximum absolute atomic E-state index is 13.7. The van der Waals surface area contributed by atoms with Crippen LogP contribution in [0.2, 0.25) is 0 Å². The topological polar surface area (TPSA) is 113 Å². The molecule has 0 saturated carbocycles. The minimum atomic E-state index is -0.771. The number of carbonyl (C=O) groups excluding carboxylic acids is 4. The molecule has 2 aliphatic heterocycles. The van der Waals surface area contributed by atoms with E-state index < -0.39 is 23.5 Å². The fourth-order valence-corrected chi connectivity index (χ4v) is 6.00. The molecule has 2 aromatic rings. The molecular weight excluding hydrogens is 500 g/mol. The average molecular weight is 539 g/mol. The standard InChI is InChI=1S/C29H38N4O4S/c1-17(2)15-20(31-26(35)19-10-8-18(9-11-19)23-7-6-14-38-23)27(36)32-13-12-21-24(32)22(34)16-33(21)28(37)25(30)29(3,4)5/h6-11,14,17,20-21,24-25H,12-13,15-16,30H2,1-5H3,(H,31,35). The number of benzene rings is 1. The molecule has 0 spiro atoms. The highest BCUT2D eigenvalue weighted by Gasteiger charge is 2.53. The molecule has 3 heterocycles. The van der Waals surface area contributed by atoms with E-state index in [0.29, 0.717) is 24.9 Å². The van der Waals surface area contributed by atoms with Crippen molar-refractivity contribution in [2.45, 2.75) is 71.6 Å². The van der Waals surface area contributed by atoms with Gasteiger partial charge in [-0.05, 0) is 53.3 Å². The van der Waals surface area contributed by atoms with Crippen LogP contribution in [0.1, 0.15) is 57.8 Å². The van der Waals surface area contributed by atoms with Crippen LogP contribution in [0.4, 0.5) is 0 Å². The summed E-state index contributed by atoms with van der Waals surface area (Å²) in [6.45, 7) is 9.97. The fourth-order valence-electron chi connectivity index (χ4n) is 5.27. The van der Waals surface area contributed by atoms with E-state index in [1.807, 2.05) is 64.3 Å². The van der Waals surface area contributed by atoms with Crippen molar-refractivity contribution >= 4 is 34.8 Å². The molecule has 3 N–H and O–H groups in total. The molecule has 0 radical (unpaired) electrons. The number of hydrogen-bond donors (Lipinski definition) is 2. The normalized spacial score (nSPS) is 21.0. The quantitative estimate of drug-likeness (QED) is 0.562. The minimum absolute atomic E-state index is 0.0421. The number of nitrogens with two attached hydrogens (primary N) is 1. The van der Waals surface area contributed by atoms with Crippen LogP contribution in [0, 0.1) is 11.3 Å². The Kier molecular flexibility index (Phi) is 8.09. The number of ketones is 1. The number of hydrogen-bond acceptors (Lipinski definition) is 6. The molecule has 0 bridgehead atoms. The molecule has 4 unspecified atom stereocenters. The van der Waals surface area contributed by atoms with Crippen LogP contribution in [0.5, 0.6) is 0 Å². The number of Topliss-reactive ketones (excluding diaryl/α,β-unsaturated/α-hetero) is 1. The van der Waals surface area contributed by atoms with Gasteiger partial charge in [-0.1, -0.05) is 52.8 Å². The summed E-state index contributed by atoms with van der Waals surface area (Å²) >= 11 is 1.63. The lowest BCUT2D eigenvalue weighted by Crippen LogP contribution is -2.54. The van der Waals surface area contributed by atoms with Gasteiger partial charge in [0.05, 0.1) is 18.6 Å². The van der Waals surface area contributed by atoms with Gasteiger partial charge in [-0.2, -0.15) is 0 Å². The maximum Gasteiger partial charge on any atom is 0.251 e. The molecule has 9 heteroatoms. The third-order valence-electron chi connectivity index (χ3n) is 7.45. The molecule has 2 aliphatic rings. The molecule has 2 saturated heterocycles. The lowest BCUT2D eigenvalue weighted by molar-refractivity contribution is -0.138. The van der Waals surface area contributed by atoms with Crippen molar-refractivity contribution in [3.63, 3.8) is 0 Å². The molecule has 1 aromatic carbocycles. The molecule has 2 fully saturated rings. The number of fused-ring (bicyclic) bond motifs is 1. The maximum atomic E-state index is 13.7. The molecule has 0 aliphatic carbocycles. The molecule has 38 heavy (non-hydrogen) atoms. The van der Waals surface area contributed by atoms with Crippen molar-refractivity contribution in [2.24, 2.45) is 17.1 Å². The molecule has 4 atom stereocenters. The lowest BCUT2D eigenvalue weighted by atomic mass is 9.86. The van der Waals surface area contributed by atoms with Crippen molar-refractivity contribution in [2.75, 3.05) is 13.1 Å². The number of carbonyl (C=O) groups is 4. The number of likely N-dealkylation sites (tertiary alicyclic amines) is 2. The van der Waals surface area contributed by atoms with E-state index in [1.54, 1.807) is 33.3 Å². The molecule has 3 amide bonds. The van der Waals surface area contributed by atoms with Gasteiger partial charge in [-0.3, -0.25) is 19.2 Å². The molecular formula is C29H38N4O4S. The first-order valence-electron chi connectivity index (χ1n) is 13.2. The monoisotopic (exact) mass is 538 g/mol. The summed E-state index contributed by atoms with van der Waals surface area (Å²) in [5, 5.41) is 4.93. The van der Waals surface area contributed by atoms with Crippen LogP contribution in [0.3, 0.4) is 0 Å². The highest BCUT2D eigenvalue weighted by atomic mass is 32.1. The van der Waals surface area contributed by atoms with E-state index in [0.717, 1.165) is 10.4 Å². The Labute approximate surface area is 228 Å². The summed E-state index contributed by atoms with van der Waals surface area (Å²) in [5.74, 6) is -0.883. The second-order valence-corrected chi connectivity index (χ2v) is 12.8. The van der Waals surface area contributed by atoms with E-state index in [4.69, 9.17) is 5.73 Å². The highest BCUT2D eigenvalue weighted by molar-refractivity contribution is 7.13. The molecule has 204 valence electrons. The summed E-state index contributed by atoms with van der Waals surface area (Å²) in [7, 11) is 0. The summed E-state index contributed by atoms with van der Waals surface area (Å²) in [6, 6.07) is 8.73. The van der Waals surface area contributed by atoms with Gasteiger partial charge in [0.1, 0.15) is 12.1 Å². The number of amides is 3. The van der Waals surface area contributed by atoms with E-state index in [-0.39, 0.29) is 42.0 Å². The lowest BCUT2D eigenvalue weighted by Gasteiger charge is -2.32. The van der Waals surface area contributed by atoms with E-state index in [1.165, 1.54) is 0 Å². The highest BCUT2D eigenvalue weighted by Crippen LogP contribution is 2.33. The summed E-state index contributed by atoms with van der Waals surface area (Å²) in [6.07, 6.45) is 0.953. The zero-order valence-electron chi connectivity index (χ0n) is 22.8. The predicted octanol–water partition coefficient (Wildman–Crippen LogP) is 3.31. The van der Waals surface area contributed by atoms with Crippen molar-refractivity contribution < 1.29 is 19.2 Å². The first-order valence-corrected chi connectivity index (χ1v) is 14.1. The Bertz CT molecular complexity index is 1190. The largest absolute Gasteiger partial charge is 0.340 e. The Balaban J connectivity index is 1.48. The third-order valence-corrected chi connectivity index (χ3v) is 8.37. The summed E-state index contributed by atoms with van der Waals surface area (Å²) in [4.78, 5) is 57.3. The van der Waals surface area contributed by atoms with Crippen LogP contribution in [-0.4, -0.2) is 70.6 Å². The first-order chi connectivity index (χ1) is 17.9. The molecule has 4 rings (SSSR count). The van der Waals surface area contributed by atoms with Gasteiger partial charge in [-0.25, -0.2) is 0 Å². The smallest absolute Gasteiger partial charge is 0.251 e. The van der Waals surface area contributed by atoms with Crippen molar-refractivity contribution in [3.8, 4) is 10.4 Å². The zero-order valence-corrected chi connectivity index (χ0v) is 23.6. The van der Waals surface area contributed by atoms with Crippen LogP contribution < -0.4 is 11.1 Å². The minimum Gasteiger partial charge on any atom is -0.340 e. The average Bonchev–Trinajstić information content (AvgIpc) is 3.60. The Hall–Kier alpha value is -3.04. The number of rotatable bonds is 7. The predicted molar refractivity (Wildman–Crippen MR) is 149 cm³/mol. The zero-order chi connectivity index (χ0) is 27.8. The van der Waals surface area contributed by atoms with Gasteiger partial charge in [0, 0.05) is 17.0 Å².